The molecule has 1 aromatic carbocycles. The Bertz CT molecular complexity index is 724. The first-order valence-electron chi connectivity index (χ1n) is 7.24. The van der Waals surface area contributed by atoms with Crippen LogP contribution in [-0.2, 0) is 9.59 Å². The third-order valence-electron chi connectivity index (χ3n) is 3.19. The molecular weight excluding hydrogens is 296 g/mol. The van der Waals surface area contributed by atoms with Crippen LogP contribution in [0.2, 0.25) is 0 Å². The van der Waals surface area contributed by atoms with Gasteiger partial charge in [-0.15, -0.1) is 0 Å². The van der Waals surface area contributed by atoms with Crippen molar-refractivity contribution in [2.24, 2.45) is 0 Å². The zero-order valence-corrected chi connectivity index (χ0v) is 13.6. The number of nitrogens with zero attached hydrogens (tertiary/aromatic N) is 1. The Morgan fingerprint density at radius 1 is 1.17 bits per heavy atom. The average molecular weight is 316 g/mol. The van der Waals surface area contributed by atoms with Gasteiger partial charge >= 0.3 is 0 Å². The summed E-state index contributed by atoms with van der Waals surface area (Å²) >= 11 is 0. The molecule has 0 saturated heterocycles. The molecule has 2 amide bonds. The predicted molar refractivity (Wildman–Crippen MR) is 88.4 cm³/mol. The third kappa shape index (κ3) is 4.57. The number of aryl methyl sites for hydroxylation is 2. The summed E-state index contributed by atoms with van der Waals surface area (Å²) in [5.74, 6) is -0.0352. The second kappa shape index (κ2) is 6.95. The third-order valence-corrected chi connectivity index (χ3v) is 3.19. The predicted octanol–water partition coefficient (Wildman–Crippen LogP) is 2.69. The summed E-state index contributed by atoms with van der Waals surface area (Å²) in [5, 5.41) is 12.2. The van der Waals surface area contributed by atoms with Gasteiger partial charge in [-0.05, 0) is 44.5 Å². The molecule has 2 rings (SSSR count). The van der Waals surface area contributed by atoms with Crippen molar-refractivity contribution in [3.63, 3.8) is 0 Å². The minimum atomic E-state index is -0.466. The van der Waals surface area contributed by atoms with Crippen LogP contribution in [0, 0.1) is 13.8 Å². The lowest BCUT2D eigenvalue weighted by molar-refractivity contribution is -0.116. The molecule has 0 bridgehead atoms. The molecule has 23 heavy (non-hydrogen) atoms. The van der Waals surface area contributed by atoms with Gasteiger partial charge in [-0.25, -0.2) is 0 Å². The first-order chi connectivity index (χ1) is 10.8. The summed E-state index contributed by atoms with van der Waals surface area (Å²) in [6, 6.07) is 6.65. The molecule has 0 unspecified atom stereocenters. The summed E-state index contributed by atoms with van der Waals surface area (Å²) < 4.78 is 4.96. The molecule has 2 aromatic rings. The van der Waals surface area contributed by atoms with Gasteiger partial charge in [-0.3, -0.25) is 14.9 Å². The van der Waals surface area contributed by atoms with Crippen molar-refractivity contribution in [2.75, 3.05) is 16.0 Å². The number of carbonyl (C=O) groups excluding carboxylic acids is 2. The highest BCUT2D eigenvalue weighted by Crippen LogP contribution is 2.20. The van der Waals surface area contributed by atoms with E-state index < -0.39 is 6.04 Å². The van der Waals surface area contributed by atoms with Crippen molar-refractivity contribution in [1.29, 1.82) is 0 Å². The van der Waals surface area contributed by atoms with Crippen LogP contribution in [0.3, 0.4) is 0 Å². The minimum Gasteiger partial charge on any atom is -0.374 e. The molecule has 0 aliphatic rings. The number of amides is 2. The van der Waals surface area contributed by atoms with Gasteiger partial charge < -0.3 is 15.2 Å². The minimum absolute atomic E-state index is 0.121. The van der Waals surface area contributed by atoms with E-state index >= 15 is 0 Å². The normalized spacial score (nSPS) is 11.7. The van der Waals surface area contributed by atoms with Gasteiger partial charge in [-0.1, -0.05) is 5.16 Å². The number of aromatic nitrogens is 1. The van der Waals surface area contributed by atoms with Gasteiger partial charge in [0.2, 0.25) is 17.7 Å². The van der Waals surface area contributed by atoms with Crippen LogP contribution in [0.15, 0.2) is 28.8 Å². The molecule has 0 spiro atoms. The molecule has 0 radical (unpaired) electrons. The van der Waals surface area contributed by atoms with E-state index in [1.807, 2.05) is 13.0 Å². The summed E-state index contributed by atoms with van der Waals surface area (Å²) in [4.78, 5) is 23.2. The summed E-state index contributed by atoms with van der Waals surface area (Å²) in [5.41, 5.74) is 3.14. The van der Waals surface area contributed by atoms with E-state index in [0.29, 0.717) is 11.6 Å². The zero-order valence-electron chi connectivity index (χ0n) is 13.6. The van der Waals surface area contributed by atoms with E-state index in [-0.39, 0.29) is 11.8 Å². The maximum atomic E-state index is 12.1. The number of hydrogen-bond donors (Lipinski definition) is 3. The maximum Gasteiger partial charge on any atom is 0.248 e. The highest BCUT2D eigenvalue weighted by atomic mass is 16.5. The van der Waals surface area contributed by atoms with E-state index in [1.54, 1.807) is 32.0 Å². The molecule has 1 atom stereocenters. The summed E-state index contributed by atoms with van der Waals surface area (Å²) in [6.07, 6.45) is 0. The smallest absolute Gasteiger partial charge is 0.248 e. The Morgan fingerprint density at radius 2 is 1.91 bits per heavy atom. The van der Waals surface area contributed by atoms with Crippen LogP contribution in [0.5, 0.6) is 0 Å². The molecule has 7 heteroatoms. The first kappa shape index (κ1) is 16.5. The Balaban J connectivity index is 1.99. The topological polar surface area (TPSA) is 96.3 Å². The molecular formula is C16H20N4O3. The Hall–Kier alpha value is -2.83. The lowest BCUT2D eigenvalue weighted by atomic mass is 10.1. The van der Waals surface area contributed by atoms with E-state index in [9.17, 15) is 9.59 Å². The van der Waals surface area contributed by atoms with Crippen LogP contribution in [0.25, 0.3) is 0 Å². The van der Waals surface area contributed by atoms with Crippen LogP contribution in [0.1, 0.15) is 25.1 Å². The van der Waals surface area contributed by atoms with Crippen LogP contribution in [0.4, 0.5) is 17.3 Å². The van der Waals surface area contributed by atoms with Crippen LogP contribution in [-0.4, -0.2) is 23.0 Å². The van der Waals surface area contributed by atoms with E-state index in [0.717, 1.165) is 16.9 Å². The van der Waals surface area contributed by atoms with E-state index in [4.69, 9.17) is 4.52 Å². The molecule has 1 heterocycles. The second-order valence-electron chi connectivity index (χ2n) is 5.40. The highest BCUT2D eigenvalue weighted by molar-refractivity contribution is 5.95. The molecule has 0 aliphatic carbocycles. The Labute approximate surface area is 134 Å². The molecule has 7 nitrogen and oxygen atoms in total. The molecule has 1 aromatic heterocycles. The van der Waals surface area contributed by atoms with Gasteiger partial charge in [0.05, 0.1) is 5.69 Å². The van der Waals surface area contributed by atoms with Gasteiger partial charge in [0, 0.05) is 24.4 Å². The van der Waals surface area contributed by atoms with Crippen LogP contribution >= 0.6 is 0 Å². The number of anilines is 3. The van der Waals surface area contributed by atoms with Crippen molar-refractivity contribution in [1.82, 2.24) is 5.16 Å². The van der Waals surface area contributed by atoms with Crippen molar-refractivity contribution in [3.8, 4) is 0 Å². The highest BCUT2D eigenvalue weighted by Gasteiger charge is 2.15. The molecule has 3 N–H and O–H groups in total. The van der Waals surface area contributed by atoms with Gasteiger partial charge in [0.15, 0.2) is 0 Å². The first-order valence-corrected chi connectivity index (χ1v) is 7.24. The zero-order chi connectivity index (χ0) is 17.0. The monoisotopic (exact) mass is 316 g/mol. The fourth-order valence-corrected chi connectivity index (χ4v) is 2.05. The van der Waals surface area contributed by atoms with E-state index in [2.05, 4.69) is 21.1 Å². The van der Waals surface area contributed by atoms with Crippen molar-refractivity contribution in [2.45, 2.75) is 33.7 Å². The van der Waals surface area contributed by atoms with Gasteiger partial charge in [-0.2, -0.15) is 0 Å². The largest absolute Gasteiger partial charge is 0.374 e. The number of carbonyl (C=O) groups is 2. The number of rotatable bonds is 5. The maximum absolute atomic E-state index is 12.1. The van der Waals surface area contributed by atoms with E-state index in [1.165, 1.54) is 6.92 Å². The fourth-order valence-electron chi connectivity index (χ4n) is 2.05. The Kier molecular flexibility index (Phi) is 5.00. The van der Waals surface area contributed by atoms with Crippen LogP contribution < -0.4 is 16.0 Å². The number of nitrogens with one attached hydrogen (secondary N) is 3. The SMILES string of the molecule is CC(=O)Nc1ccc(N[C@@H](C)C(=O)Nc2cc(C)no2)cc1C. The Morgan fingerprint density at radius 3 is 2.48 bits per heavy atom. The molecule has 0 fully saturated rings. The van der Waals surface area contributed by atoms with Crippen molar-refractivity contribution >= 4 is 29.1 Å². The van der Waals surface area contributed by atoms with Crippen molar-refractivity contribution in [3.05, 3.63) is 35.5 Å². The van der Waals surface area contributed by atoms with Gasteiger partial charge in [0.1, 0.15) is 6.04 Å². The summed E-state index contributed by atoms with van der Waals surface area (Å²) in [7, 11) is 0. The number of benzene rings is 1. The second-order valence-corrected chi connectivity index (χ2v) is 5.40. The average Bonchev–Trinajstić information content (AvgIpc) is 2.86. The quantitative estimate of drug-likeness (QED) is 0.788. The van der Waals surface area contributed by atoms with Gasteiger partial charge in [0.25, 0.3) is 0 Å². The fraction of sp³-hybridized carbons (Fsp3) is 0.312. The lowest BCUT2D eigenvalue weighted by Crippen LogP contribution is -2.31. The molecule has 122 valence electrons. The van der Waals surface area contributed by atoms with Crippen molar-refractivity contribution < 1.29 is 14.1 Å². The standard InChI is InChI=1S/C16H20N4O3/c1-9-7-13(5-6-14(9)18-12(4)21)17-11(3)16(22)19-15-8-10(2)20-23-15/h5-8,11,17H,1-4H3,(H,18,21)(H,19,22)/t11-/m0/s1. The molecule has 0 aliphatic heterocycles. The summed E-state index contributed by atoms with van der Waals surface area (Å²) in [6.45, 7) is 6.87. The number of hydrogen-bond acceptors (Lipinski definition) is 5. The lowest BCUT2D eigenvalue weighted by Gasteiger charge is -2.15. The molecule has 0 saturated carbocycles.